The molecule has 1 aromatic rings. The van der Waals surface area contributed by atoms with Gasteiger partial charge in [0.15, 0.2) is 0 Å². The van der Waals surface area contributed by atoms with Crippen molar-refractivity contribution >= 4 is 0 Å². The number of aromatic nitrogens is 2. The lowest BCUT2D eigenvalue weighted by atomic mass is 10.3. The topological polar surface area (TPSA) is 51.8 Å². The van der Waals surface area contributed by atoms with Crippen LogP contribution in [0.1, 0.15) is 17.8 Å². The number of nitrogens with two attached hydrogens (primary N) is 1. The molecule has 0 amide bonds. The van der Waals surface area contributed by atoms with Gasteiger partial charge in [-0.3, -0.25) is 0 Å². The lowest BCUT2D eigenvalue weighted by Crippen LogP contribution is -2.10. The van der Waals surface area contributed by atoms with E-state index in [0.717, 1.165) is 12.4 Å². The number of hydrogen-bond donors (Lipinski definition) is 1. The summed E-state index contributed by atoms with van der Waals surface area (Å²) in [7, 11) is 0. The van der Waals surface area contributed by atoms with Crippen molar-refractivity contribution in [2.45, 2.75) is 12.6 Å². The fourth-order valence-corrected chi connectivity index (χ4v) is 0.776. The van der Waals surface area contributed by atoms with Crippen LogP contribution in [0.25, 0.3) is 0 Å². The van der Waals surface area contributed by atoms with Gasteiger partial charge in [-0.2, -0.15) is 13.2 Å². The molecule has 1 aromatic heterocycles. The predicted octanol–water partition coefficient (Wildman–Crippen LogP) is 1.20. The van der Waals surface area contributed by atoms with Crippen molar-refractivity contribution < 1.29 is 13.2 Å². The van der Waals surface area contributed by atoms with Gasteiger partial charge in [0.2, 0.25) is 5.82 Å². The summed E-state index contributed by atoms with van der Waals surface area (Å²) in [5.74, 6) is 4.11. The summed E-state index contributed by atoms with van der Waals surface area (Å²) in [6.45, 7) is 0.411. The first-order chi connectivity index (χ1) is 7.04. The molecule has 6 heteroatoms. The van der Waals surface area contributed by atoms with Crippen LogP contribution in [0.3, 0.4) is 0 Å². The lowest BCUT2D eigenvalue weighted by Gasteiger charge is -2.02. The summed E-state index contributed by atoms with van der Waals surface area (Å²) in [6.07, 6.45) is -1.94. The van der Waals surface area contributed by atoms with Crippen molar-refractivity contribution in [3.63, 3.8) is 0 Å². The quantitative estimate of drug-likeness (QED) is 0.716. The van der Waals surface area contributed by atoms with Gasteiger partial charge in [0.25, 0.3) is 0 Å². The van der Waals surface area contributed by atoms with E-state index >= 15 is 0 Å². The zero-order chi connectivity index (χ0) is 11.3. The summed E-state index contributed by atoms with van der Waals surface area (Å²) in [5.41, 5.74) is 5.54. The van der Waals surface area contributed by atoms with E-state index in [2.05, 4.69) is 21.8 Å². The molecule has 0 aliphatic heterocycles. The number of alkyl halides is 3. The second-order valence-electron chi connectivity index (χ2n) is 2.63. The van der Waals surface area contributed by atoms with Crippen molar-refractivity contribution in [1.82, 2.24) is 9.97 Å². The molecule has 0 unspecified atom stereocenters. The highest BCUT2D eigenvalue weighted by atomic mass is 19.4. The number of nitrogens with zero attached hydrogens (tertiary/aromatic N) is 2. The Morgan fingerprint density at radius 1 is 1.27 bits per heavy atom. The van der Waals surface area contributed by atoms with Crippen LogP contribution in [0.2, 0.25) is 0 Å². The van der Waals surface area contributed by atoms with Crippen molar-refractivity contribution in [3.05, 3.63) is 23.8 Å². The monoisotopic (exact) mass is 215 g/mol. The Kier molecular flexibility index (Phi) is 3.63. The second kappa shape index (κ2) is 4.75. The Labute approximate surface area is 84.5 Å². The molecule has 3 nitrogen and oxygen atoms in total. The molecule has 15 heavy (non-hydrogen) atoms. The maximum absolute atomic E-state index is 12.0. The van der Waals surface area contributed by atoms with Crippen molar-refractivity contribution in [2.75, 3.05) is 6.54 Å². The highest BCUT2D eigenvalue weighted by Gasteiger charge is 2.34. The van der Waals surface area contributed by atoms with E-state index in [0.29, 0.717) is 18.5 Å². The van der Waals surface area contributed by atoms with E-state index in [1.54, 1.807) is 0 Å². The third kappa shape index (κ3) is 3.56. The Morgan fingerprint density at radius 3 is 2.33 bits per heavy atom. The minimum absolute atomic E-state index is 0.344. The third-order valence-electron chi connectivity index (χ3n) is 1.41. The van der Waals surface area contributed by atoms with Crippen LogP contribution in [0, 0.1) is 11.8 Å². The van der Waals surface area contributed by atoms with Crippen LogP contribution in [0.4, 0.5) is 13.2 Å². The van der Waals surface area contributed by atoms with Gasteiger partial charge in [0, 0.05) is 25.4 Å². The molecule has 1 heterocycles. The molecule has 1 rings (SSSR count). The van der Waals surface area contributed by atoms with Crippen LogP contribution < -0.4 is 5.73 Å². The highest BCUT2D eigenvalue weighted by molar-refractivity contribution is 5.29. The summed E-state index contributed by atoms with van der Waals surface area (Å²) < 4.78 is 36.1. The first-order valence-corrected chi connectivity index (χ1v) is 4.12. The molecule has 0 saturated heterocycles. The van der Waals surface area contributed by atoms with Crippen molar-refractivity contribution in [2.24, 2.45) is 5.73 Å². The standard InChI is InChI=1S/C9H8F3N3/c10-9(11,12)8-14-5-7(6-15-8)3-1-2-4-13/h5-6H,2,4,13H2. The SMILES string of the molecule is NCCC#Cc1cnc(C(F)(F)F)nc1. The number of rotatable bonds is 1. The van der Waals surface area contributed by atoms with E-state index in [1.165, 1.54) is 0 Å². The highest BCUT2D eigenvalue weighted by Crippen LogP contribution is 2.25. The van der Waals surface area contributed by atoms with Crippen LogP contribution in [0.15, 0.2) is 12.4 Å². The molecule has 0 spiro atoms. The Morgan fingerprint density at radius 2 is 1.87 bits per heavy atom. The van der Waals surface area contributed by atoms with Crippen molar-refractivity contribution in [1.29, 1.82) is 0 Å². The molecule has 2 N–H and O–H groups in total. The summed E-state index contributed by atoms with van der Waals surface area (Å²) in [5, 5.41) is 0. The lowest BCUT2D eigenvalue weighted by molar-refractivity contribution is -0.145. The molecule has 0 radical (unpaired) electrons. The minimum atomic E-state index is -4.51. The predicted molar refractivity (Wildman–Crippen MR) is 47.6 cm³/mol. The van der Waals surface area contributed by atoms with Gasteiger partial charge >= 0.3 is 6.18 Å². The zero-order valence-corrected chi connectivity index (χ0v) is 7.67. The van der Waals surface area contributed by atoms with Gasteiger partial charge in [0.1, 0.15) is 0 Å². The first-order valence-electron chi connectivity index (χ1n) is 4.12. The molecule has 0 fully saturated rings. The van der Waals surface area contributed by atoms with Gasteiger partial charge in [-0.15, -0.1) is 0 Å². The Balaban J connectivity index is 2.79. The van der Waals surface area contributed by atoms with Crippen LogP contribution in [-0.2, 0) is 6.18 Å². The minimum Gasteiger partial charge on any atom is -0.330 e. The van der Waals surface area contributed by atoms with E-state index in [9.17, 15) is 13.2 Å². The maximum atomic E-state index is 12.0. The molecule has 0 atom stereocenters. The van der Waals surface area contributed by atoms with Gasteiger partial charge < -0.3 is 5.73 Å². The fourth-order valence-electron chi connectivity index (χ4n) is 0.776. The zero-order valence-electron chi connectivity index (χ0n) is 7.67. The second-order valence-corrected chi connectivity index (χ2v) is 2.63. The normalized spacial score (nSPS) is 10.7. The van der Waals surface area contributed by atoms with E-state index < -0.39 is 12.0 Å². The summed E-state index contributed by atoms with van der Waals surface area (Å²) in [4.78, 5) is 6.32. The van der Waals surface area contributed by atoms with Crippen LogP contribution >= 0.6 is 0 Å². The van der Waals surface area contributed by atoms with Gasteiger partial charge in [-0.1, -0.05) is 11.8 Å². The van der Waals surface area contributed by atoms with Gasteiger partial charge in [-0.25, -0.2) is 9.97 Å². The average Bonchev–Trinajstić information content (AvgIpc) is 2.18. The maximum Gasteiger partial charge on any atom is 0.451 e. The van der Waals surface area contributed by atoms with Crippen molar-refractivity contribution in [3.8, 4) is 11.8 Å². The smallest absolute Gasteiger partial charge is 0.330 e. The largest absolute Gasteiger partial charge is 0.451 e. The number of halogens is 3. The van der Waals surface area contributed by atoms with E-state index in [1.807, 2.05) is 0 Å². The summed E-state index contributed by atoms with van der Waals surface area (Å²) in [6, 6.07) is 0. The first kappa shape index (κ1) is 11.5. The molecule has 80 valence electrons. The molecular weight excluding hydrogens is 207 g/mol. The molecule has 0 aromatic carbocycles. The third-order valence-corrected chi connectivity index (χ3v) is 1.41. The van der Waals surface area contributed by atoms with E-state index in [4.69, 9.17) is 5.73 Å². The number of hydrogen-bond acceptors (Lipinski definition) is 3. The summed E-state index contributed by atoms with van der Waals surface area (Å²) >= 11 is 0. The van der Waals surface area contributed by atoms with Gasteiger partial charge in [-0.05, 0) is 0 Å². The Hall–Kier alpha value is -1.61. The molecule has 0 aliphatic rings. The fraction of sp³-hybridized carbons (Fsp3) is 0.333. The molecule has 0 bridgehead atoms. The average molecular weight is 215 g/mol. The molecular formula is C9H8F3N3. The van der Waals surface area contributed by atoms with E-state index in [-0.39, 0.29) is 0 Å². The van der Waals surface area contributed by atoms with Gasteiger partial charge in [0.05, 0.1) is 5.56 Å². The Bertz CT molecular complexity index is 372. The van der Waals surface area contributed by atoms with Crippen LogP contribution in [-0.4, -0.2) is 16.5 Å². The molecule has 0 saturated carbocycles. The van der Waals surface area contributed by atoms with Crippen LogP contribution in [0.5, 0.6) is 0 Å². The molecule has 0 aliphatic carbocycles.